The molecule has 1 N–H and O–H groups in total. The third kappa shape index (κ3) is 5.64. The second-order valence-electron chi connectivity index (χ2n) is 3.65. The van der Waals surface area contributed by atoms with Crippen LogP contribution in [0.4, 0.5) is 5.82 Å². The molecule has 1 rings (SSSR count). The summed E-state index contributed by atoms with van der Waals surface area (Å²) in [7, 11) is 1.40. The van der Waals surface area contributed by atoms with Crippen molar-refractivity contribution in [1.29, 1.82) is 0 Å². The molecule has 1 aromatic rings. The van der Waals surface area contributed by atoms with E-state index in [9.17, 15) is 4.79 Å². The zero-order valence-corrected chi connectivity index (χ0v) is 12.4. The maximum absolute atomic E-state index is 10.9. The standard InChI is InChI=1S/C11H15BrClN3O2/c1-18-9(17)5-3-2-4-6-14-10-8(12)7-15-11(13)16-10/h7H,2-6H2,1H3,(H,14,15,16). The number of hydrogen-bond donors (Lipinski definition) is 1. The highest BCUT2D eigenvalue weighted by Crippen LogP contribution is 2.20. The van der Waals surface area contributed by atoms with Gasteiger partial charge in [0.25, 0.3) is 0 Å². The third-order valence-electron chi connectivity index (χ3n) is 2.29. The Morgan fingerprint density at radius 1 is 1.50 bits per heavy atom. The van der Waals surface area contributed by atoms with E-state index in [1.807, 2.05) is 0 Å². The third-order valence-corrected chi connectivity index (χ3v) is 3.05. The summed E-state index contributed by atoms with van der Waals surface area (Å²) in [6.45, 7) is 0.771. The maximum Gasteiger partial charge on any atom is 0.305 e. The highest BCUT2D eigenvalue weighted by atomic mass is 79.9. The van der Waals surface area contributed by atoms with Crippen molar-refractivity contribution < 1.29 is 9.53 Å². The average molecular weight is 337 g/mol. The molecule has 0 unspecified atom stereocenters. The number of methoxy groups -OCH3 is 1. The number of ether oxygens (including phenoxy) is 1. The highest BCUT2D eigenvalue weighted by molar-refractivity contribution is 9.10. The Bertz CT molecular complexity index is 404. The fourth-order valence-corrected chi connectivity index (χ4v) is 1.81. The lowest BCUT2D eigenvalue weighted by Gasteiger charge is -2.07. The Hall–Kier alpha value is -0.880. The number of carbonyl (C=O) groups excluding carboxylic acids is 1. The molecule has 0 aliphatic carbocycles. The van der Waals surface area contributed by atoms with Gasteiger partial charge < -0.3 is 10.1 Å². The Morgan fingerprint density at radius 2 is 2.28 bits per heavy atom. The van der Waals surface area contributed by atoms with E-state index < -0.39 is 0 Å². The molecule has 0 aliphatic heterocycles. The van der Waals surface area contributed by atoms with Gasteiger partial charge in [-0.1, -0.05) is 6.42 Å². The van der Waals surface area contributed by atoms with Crippen molar-refractivity contribution in [3.63, 3.8) is 0 Å². The lowest BCUT2D eigenvalue weighted by molar-refractivity contribution is -0.140. The zero-order chi connectivity index (χ0) is 13.4. The van der Waals surface area contributed by atoms with E-state index in [4.69, 9.17) is 11.6 Å². The predicted octanol–water partition coefficient (Wildman–Crippen LogP) is 3.04. The van der Waals surface area contributed by atoms with E-state index in [2.05, 4.69) is 36.0 Å². The van der Waals surface area contributed by atoms with Crippen LogP contribution in [0.25, 0.3) is 0 Å². The van der Waals surface area contributed by atoms with Crippen molar-refractivity contribution in [3.05, 3.63) is 16.0 Å². The van der Waals surface area contributed by atoms with Crippen LogP contribution in [0.15, 0.2) is 10.7 Å². The molecular weight excluding hydrogens is 321 g/mol. The van der Waals surface area contributed by atoms with Gasteiger partial charge in [0.15, 0.2) is 0 Å². The van der Waals surface area contributed by atoms with Crippen molar-refractivity contribution in [2.45, 2.75) is 25.7 Å². The number of anilines is 1. The summed E-state index contributed by atoms with van der Waals surface area (Å²) in [5.41, 5.74) is 0. The molecule has 0 spiro atoms. The van der Waals surface area contributed by atoms with Crippen molar-refractivity contribution in [2.24, 2.45) is 0 Å². The molecule has 0 aromatic carbocycles. The number of nitrogens with zero attached hydrogens (tertiary/aromatic N) is 2. The molecule has 0 saturated heterocycles. The topological polar surface area (TPSA) is 64.1 Å². The first-order valence-corrected chi connectivity index (χ1v) is 6.79. The molecule has 1 aromatic heterocycles. The SMILES string of the molecule is COC(=O)CCCCCNc1nc(Cl)ncc1Br. The first-order chi connectivity index (χ1) is 8.63. The molecule has 100 valence electrons. The molecule has 0 radical (unpaired) electrons. The number of rotatable bonds is 7. The van der Waals surface area contributed by atoms with Gasteiger partial charge in [-0.15, -0.1) is 0 Å². The number of unbranched alkanes of at least 4 members (excludes halogenated alkanes) is 2. The zero-order valence-electron chi connectivity index (χ0n) is 10.1. The largest absolute Gasteiger partial charge is 0.469 e. The van der Waals surface area contributed by atoms with Gasteiger partial charge in [0.1, 0.15) is 5.82 Å². The van der Waals surface area contributed by atoms with Crippen LogP contribution in [-0.4, -0.2) is 29.6 Å². The summed E-state index contributed by atoms with van der Waals surface area (Å²) in [4.78, 5) is 18.8. The van der Waals surface area contributed by atoms with Crippen molar-refractivity contribution in [3.8, 4) is 0 Å². The van der Waals surface area contributed by atoms with E-state index in [0.29, 0.717) is 12.2 Å². The normalized spacial score (nSPS) is 10.2. The van der Waals surface area contributed by atoms with E-state index in [-0.39, 0.29) is 11.3 Å². The summed E-state index contributed by atoms with van der Waals surface area (Å²) in [6.07, 6.45) is 4.82. The fourth-order valence-electron chi connectivity index (χ4n) is 1.35. The molecule has 7 heteroatoms. The van der Waals surface area contributed by atoms with Crippen LogP contribution in [0.5, 0.6) is 0 Å². The Balaban J connectivity index is 2.18. The Morgan fingerprint density at radius 3 is 3.00 bits per heavy atom. The van der Waals surface area contributed by atoms with Gasteiger partial charge in [0.2, 0.25) is 5.28 Å². The number of esters is 1. The lowest BCUT2D eigenvalue weighted by atomic mass is 10.2. The molecule has 0 saturated carbocycles. The minimum atomic E-state index is -0.159. The minimum absolute atomic E-state index is 0.159. The van der Waals surface area contributed by atoms with Gasteiger partial charge in [-0.05, 0) is 40.4 Å². The number of hydrogen-bond acceptors (Lipinski definition) is 5. The van der Waals surface area contributed by atoms with Crippen LogP contribution in [0.2, 0.25) is 5.28 Å². The molecule has 0 bridgehead atoms. The van der Waals surface area contributed by atoms with Crippen LogP contribution in [-0.2, 0) is 9.53 Å². The van der Waals surface area contributed by atoms with Crippen LogP contribution in [0, 0.1) is 0 Å². The van der Waals surface area contributed by atoms with E-state index >= 15 is 0 Å². The van der Waals surface area contributed by atoms with Crippen LogP contribution < -0.4 is 5.32 Å². The summed E-state index contributed by atoms with van der Waals surface area (Å²) >= 11 is 9.03. The molecule has 0 fully saturated rings. The maximum atomic E-state index is 10.9. The smallest absolute Gasteiger partial charge is 0.305 e. The van der Waals surface area contributed by atoms with Gasteiger partial charge in [0.05, 0.1) is 11.6 Å². The van der Waals surface area contributed by atoms with Crippen molar-refractivity contribution >= 4 is 39.3 Å². The monoisotopic (exact) mass is 335 g/mol. The second kappa shape index (κ2) is 8.26. The summed E-state index contributed by atoms with van der Waals surface area (Å²) < 4.78 is 5.34. The predicted molar refractivity (Wildman–Crippen MR) is 73.7 cm³/mol. The molecule has 18 heavy (non-hydrogen) atoms. The molecule has 5 nitrogen and oxygen atoms in total. The average Bonchev–Trinajstić information content (AvgIpc) is 2.37. The van der Waals surface area contributed by atoms with Gasteiger partial charge in [0, 0.05) is 19.2 Å². The number of carbonyl (C=O) groups is 1. The molecule has 0 atom stereocenters. The fraction of sp³-hybridized carbons (Fsp3) is 0.545. The molecule has 0 aliphatic rings. The van der Waals surface area contributed by atoms with Gasteiger partial charge in [-0.25, -0.2) is 4.98 Å². The number of aromatic nitrogens is 2. The van der Waals surface area contributed by atoms with Crippen molar-refractivity contribution in [2.75, 3.05) is 19.0 Å². The number of nitrogens with one attached hydrogen (secondary N) is 1. The molecule has 1 heterocycles. The highest BCUT2D eigenvalue weighted by Gasteiger charge is 2.03. The summed E-state index contributed by atoms with van der Waals surface area (Å²) in [5, 5.41) is 3.37. The van der Waals surface area contributed by atoms with E-state index in [0.717, 1.165) is 30.3 Å². The second-order valence-corrected chi connectivity index (χ2v) is 4.84. The van der Waals surface area contributed by atoms with Crippen LogP contribution in [0.1, 0.15) is 25.7 Å². The van der Waals surface area contributed by atoms with E-state index in [1.54, 1.807) is 6.20 Å². The first-order valence-electron chi connectivity index (χ1n) is 5.62. The van der Waals surface area contributed by atoms with Crippen LogP contribution in [0.3, 0.4) is 0 Å². The van der Waals surface area contributed by atoms with E-state index in [1.165, 1.54) is 7.11 Å². The van der Waals surface area contributed by atoms with Gasteiger partial charge in [-0.3, -0.25) is 4.79 Å². The van der Waals surface area contributed by atoms with Gasteiger partial charge >= 0.3 is 5.97 Å². The summed E-state index contributed by atoms with van der Waals surface area (Å²) in [5.74, 6) is 0.524. The lowest BCUT2D eigenvalue weighted by Crippen LogP contribution is -2.05. The van der Waals surface area contributed by atoms with Crippen LogP contribution >= 0.6 is 27.5 Å². The molecular formula is C11H15BrClN3O2. The van der Waals surface area contributed by atoms with Crippen molar-refractivity contribution in [1.82, 2.24) is 9.97 Å². The summed E-state index contributed by atoms with van der Waals surface area (Å²) in [6, 6.07) is 0. The van der Waals surface area contributed by atoms with Gasteiger partial charge in [-0.2, -0.15) is 4.98 Å². The first kappa shape index (κ1) is 15.2. The number of halogens is 2. The Kier molecular flexibility index (Phi) is 6.97. The quantitative estimate of drug-likeness (QED) is 0.471. The minimum Gasteiger partial charge on any atom is -0.469 e. The molecule has 0 amide bonds. The Labute approximate surface area is 119 Å².